The Morgan fingerprint density at radius 2 is 2.08 bits per heavy atom. The largest absolute Gasteiger partial charge is 0.378 e. The average Bonchev–Trinajstić information content (AvgIpc) is 3.03. The molecule has 0 bridgehead atoms. The van der Waals surface area contributed by atoms with Gasteiger partial charge < -0.3 is 15.0 Å². The van der Waals surface area contributed by atoms with Crippen molar-refractivity contribution >= 4 is 22.5 Å². The number of morpholine rings is 1. The molecule has 3 heterocycles. The van der Waals surface area contributed by atoms with E-state index in [1.165, 1.54) is 6.33 Å². The average molecular weight is 342 g/mol. The predicted molar refractivity (Wildman–Crippen MR) is 93.1 cm³/mol. The molecule has 0 amide bonds. The first-order valence-corrected chi connectivity index (χ1v) is 8.20. The molecule has 4 rings (SSSR count). The van der Waals surface area contributed by atoms with Gasteiger partial charge >= 0.3 is 0 Å². The molecule has 3 aromatic rings. The summed E-state index contributed by atoms with van der Waals surface area (Å²) in [5, 5.41) is 8.27. The summed E-state index contributed by atoms with van der Waals surface area (Å²) < 4.78 is 21.5. The molecular weight excluding hydrogens is 323 g/mol. The third-order valence-corrected chi connectivity index (χ3v) is 4.35. The van der Waals surface area contributed by atoms with Gasteiger partial charge in [0.05, 0.1) is 30.5 Å². The molecule has 1 aromatic carbocycles. The Morgan fingerprint density at radius 3 is 2.88 bits per heavy atom. The van der Waals surface area contributed by atoms with Gasteiger partial charge in [0.2, 0.25) is 0 Å². The number of benzene rings is 1. The van der Waals surface area contributed by atoms with E-state index in [1.807, 2.05) is 24.1 Å². The molecule has 0 radical (unpaired) electrons. The minimum atomic E-state index is -0.213. The molecule has 0 unspecified atom stereocenters. The van der Waals surface area contributed by atoms with Crippen molar-refractivity contribution in [2.24, 2.45) is 7.05 Å². The van der Waals surface area contributed by atoms with Crippen LogP contribution < -0.4 is 10.2 Å². The fourth-order valence-corrected chi connectivity index (χ4v) is 3.01. The zero-order valence-electron chi connectivity index (χ0n) is 13.9. The molecule has 2 aromatic heterocycles. The van der Waals surface area contributed by atoms with E-state index in [2.05, 4.69) is 20.4 Å². The fourth-order valence-electron chi connectivity index (χ4n) is 3.01. The van der Waals surface area contributed by atoms with Gasteiger partial charge in [0, 0.05) is 26.7 Å². The van der Waals surface area contributed by atoms with Gasteiger partial charge in [-0.25, -0.2) is 14.4 Å². The molecule has 25 heavy (non-hydrogen) atoms. The number of nitrogens with one attached hydrogen (secondary N) is 1. The number of hydrogen-bond acceptors (Lipinski definition) is 6. The smallest absolute Gasteiger partial charge is 0.163 e. The molecule has 8 heteroatoms. The zero-order valence-corrected chi connectivity index (χ0v) is 13.9. The number of ether oxygens (including phenoxy) is 1. The van der Waals surface area contributed by atoms with Crippen LogP contribution in [0, 0.1) is 5.82 Å². The van der Waals surface area contributed by atoms with Crippen LogP contribution in [-0.4, -0.2) is 46.1 Å². The number of anilines is 2. The van der Waals surface area contributed by atoms with Crippen molar-refractivity contribution in [2.45, 2.75) is 6.54 Å². The highest BCUT2D eigenvalue weighted by atomic mass is 19.1. The molecule has 7 nitrogen and oxygen atoms in total. The van der Waals surface area contributed by atoms with Crippen molar-refractivity contribution < 1.29 is 9.13 Å². The summed E-state index contributed by atoms with van der Waals surface area (Å²) in [7, 11) is 1.83. The highest BCUT2D eigenvalue weighted by Gasteiger charge is 2.15. The predicted octanol–water partition coefficient (Wildman–Crippen LogP) is 1.95. The Balaban J connectivity index is 1.50. The number of fused-ring (bicyclic) bond motifs is 1. The lowest BCUT2D eigenvalue weighted by Crippen LogP contribution is -2.36. The van der Waals surface area contributed by atoms with Gasteiger partial charge in [-0.05, 0) is 17.7 Å². The van der Waals surface area contributed by atoms with E-state index in [-0.39, 0.29) is 5.82 Å². The van der Waals surface area contributed by atoms with Crippen molar-refractivity contribution in [3.8, 4) is 0 Å². The van der Waals surface area contributed by atoms with Crippen LogP contribution in [0.25, 0.3) is 11.0 Å². The molecular formula is C17H19FN6O. The number of halogens is 1. The molecule has 1 N–H and O–H groups in total. The first-order chi connectivity index (χ1) is 12.2. The van der Waals surface area contributed by atoms with Crippen LogP contribution in [-0.2, 0) is 18.3 Å². The Kier molecular flexibility index (Phi) is 4.19. The molecule has 1 aliphatic rings. The third-order valence-electron chi connectivity index (χ3n) is 4.35. The Bertz CT molecular complexity index is 890. The van der Waals surface area contributed by atoms with E-state index < -0.39 is 0 Å². The lowest BCUT2D eigenvalue weighted by atomic mass is 10.1. The molecule has 130 valence electrons. The van der Waals surface area contributed by atoms with Crippen LogP contribution in [0.3, 0.4) is 0 Å². The fraction of sp³-hybridized carbons (Fsp3) is 0.353. The van der Waals surface area contributed by atoms with E-state index in [4.69, 9.17) is 4.74 Å². The van der Waals surface area contributed by atoms with Crippen molar-refractivity contribution in [3.63, 3.8) is 0 Å². The van der Waals surface area contributed by atoms with Gasteiger partial charge in [0.15, 0.2) is 5.65 Å². The standard InChI is InChI=1S/C17H19FN6O/c1-23-17-13(10-22-23)16(20-11-21-17)19-9-12-2-3-15(14(18)8-12)24-4-6-25-7-5-24/h2-3,8,10-11H,4-7,9H2,1H3,(H,19,20,21). The monoisotopic (exact) mass is 342 g/mol. The third kappa shape index (κ3) is 3.12. The Hall–Kier alpha value is -2.74. The van der Waals surface area contributed by atoms with Crippen LogP contribution in [0.4, 0.5) is 15.9 Å². The molecule has 1 aliphatic heterocycles. The maximum absolute atomic E-state index is 14.5. The van der Waals surface area contributed by atoms with Crippen LogP contribution >= 0.6 is 0 Å². The number of aromatic nitrogens is 4. The quantitative estimate of drug-likeness (QED) is 0.782. The summed E-state index contributed by atoms with van der Waals surface area (Å²) in [6.45, 7) is 3.18. The highest BCUT2D eigenvalue weighted by molar-refractivity contribution is 5.85. The SMILES string of the molecule is Cn1ncc2c(NCc3ccc(N4CCOCC4)c(F)c3)ncnc21. The summed E-state index contributed by atoms with van der Waals surface area (Å²) in [5.41, 5.74) is 2.24. The number of nitrogens with zero attached hydrogens (tertiary/aromatic N) is 5. The summed E-state index contributed by atoms with van der Waals surface area (Å²) in [6.07, 6.45) is 3.22. The molecule has 1 saturated heterocycles. The van der Waals surface area contributed by atoms with Gasteiger partial charge in [-0.1, -0.05) is 6.07 Å². The van der Waals surface area contributed by atoms with E-state index in [0.717, 1.165) is 16.6 Å². The van der Waals surface area contributed by atoms with E-state index in [0.29, 0.717) is 44.4 Å². The first-order valence-electron chi connectivity index (χ1n) is 8.20. The topological polar surface area (TPSA) is 68.1 Å². The maximum Gasteiger partial charge on any atom is 0.163 e. The summed E-state index contributed by atoms with van der Waals surface area (Å²) in [6, 6.07) is 5.33. The maximum atomic E-state index is 14.5. The van der Waals surface area contributed by atoms with Gasteiger partial charge in [0.1, 0.15) is 18.0 Å². The van der Waals surface area contributed by atoms with Crippen LogP contribution in [0.5, 0.6) is 0 Å². The molecule has 0 saturated carbocycles. The molecule has 1 fully saturated rings. The number of aryl methyl sites for hydroxylation is 1. The summed E-state index contributed by atoms with van der Waals surface area (Å²) in [4.78, 5) is 10.5. The van der Waals surface area contributed by atoms with Gasteiger partial charge in [-0.15, -0.1) is 0 Å². The normalized spacial score (nSPS) is 14.9. The van der Waals surface area contributed by atoms with E-state index >= 15 is 0 Å². The molecule has 0 atom stereocenters. The number of rotatable bonds is 4. The zero-order chi connectivity index (χ0) is 17.2. The van der Waals surface area contributed by atoms with Crippen molar-refractivity contribution in [3.05, 3.63) is 42.1 Å². The van der Waals surface area contributed by atoms with Crippen molar-refractivity contribution in [2.75, 3.05) is 36.5 Å². The van der Waals surface area contributed by atoms with E-state index in [1.54, 1.807) is 16.9 Å². The van der Waals surface area contributed by atoms with Crippen LogP contribution in [0.1, 0.15) is 5.56 Å². The van der Waals surface area contributed by atoms with Gasteiger partial charge in [-0.3, -0.25) is 4.68 Å². The lowest BCUT2D eigenvalue weighted by Gasteiger charge is -2.29. The van der Waals surface area contributed by atoms with Gasteiger partial charge in [0.25, 0.3) is 0 Å². The lowest BCUT2D eigenvalue weighted by molar-refractivity contribution is 0.122. The van der Waals surface area contributed by atoms with E-state index in [9.17, 15) is 4.39 Å². The minimum Gasteiger partial charge on any atom is -0.378 e. The Labute approximate surface area is 144 Å². The second-order valence-electron chi connectivity index (χ2n) is 5.97. The second-order valence-corrected chi connectivity index (χ2v) is 5.97. The van der Waals surface area contributed by atoms with Crippen LogP contribution in [0.15, 0.2) is 30.7 Å². The minimum absolute atomic E-state index is 0.213. The van der Waals surface area contributed by atoms with Gasteiger partial charge in [-0.2, -0.15) is 5.10 Å². The first kappa shape index (κ1) is 15.8. The van der Waals surface area contributed by atoms with Crippen molar-refractivity contribution in [1.29, 1.82) is 0 Å². The van der Waals surface area contributed by atoms with Crippen LogP contribution in [0.2, 0.25) is 0 Å². The summed E-state index contributed by atoms with van der Waals surface area (Å²) in [5.74, 6) is 0.478. The number of hydrogen-bond donors (Lipinski definition) is 1. The van der Waals surface area contributed by atoms with Crippen molar-refractivity contribution in [1.82, 2.24) is 19.7 Å². The second kappa shape index (κ2) is 6.64. The molecule has 0 aliphatic carbocycles. The highest BCUT2D eigenvalue weighted by Crippen LogP contribution is 2.23. The summed E-state index contributed by atoms with van der Waals surface area (Å²) >= 11 is 0. The molecule has 0 spiro atoms. The Morgan fingerprint density at radius 1 is 1.24 bits per heavy atom.